The first-order valence-electron chi connectivity index (χ1n) is 6.72. The molecule has 0 unspecified atom stereocenters. The predicted molar refractivity (Wildman–Crippen MR) is 76.3 cm³/mol. The summed E-state index contributed by atoms with van der Waals surface area (Å²) >= 11 is 0. The molecular weight excluding hydrogens is 269 g/mol. The van der Waals surface area contributed by atoms with Crippen molar-refractivity contribution in [3.63, 3.8) is 0 Å². The average molecular weight is 281 g/mol. The third-order valence-electron chi connectivity index (χ3n) is 3.60. The molecule has 0 atom stereocenters. The molecule has 4 nitrogen and oxygen atoms in total. The van der Waals surface area contributed by atoms with Crippen LogP contribution in [-0.4, -0.2) is 21.1 Å². The minimum Gasteiger partial charge on any atom is -0.491 e. The lowest BCUT2D eigenvalue weighted by molar-refractivity contribution is 0.306. The van der Waals surface area contributed by atoms with Crippen LogP contribution in [0.1, 0.15) is 0 Å². The van der Waals surface area contributed by atoms with Crippen molar-refractivity contribution in [3.05, 3.63) is 54.9 Å². The summed E-state index contributed by atoms with van der Waals surface area (Å²) in [4.78, 5) is 8.09. The quantitative estimate of drug-likeness (QED) is 0.643. The number of benzene rings is 1. The summed E-state index contributed by atoms with van der Waals surface area (Å²) in [6, 6.07) is 9.05. The van der Waals surface area contributed by atoms with Crippen LogP contribution < -0.4 is 4.74 Å². The number of nitrogens with zero attached hydrogens (tertiary/aromatic N) is 3. The second kappa shape index (κ2) is 4.70. The molecule has 0 radical (unpaired) electrons. The van der Waals surface area contributed by atoms with Gasteiger partial charge in [-0.1, -0.05) is 6.07 Å². The van der Waals surface area contributed by atoms with Crippen molar-refractivity contribution in [2.75, 3.05) is 6.61 Å². The van der Waals surface area contributed by atoms with Crippen LogP contribution in [0, 0.1) is 5.95 Å². The molecule has 3 aromatic rings. The molecular formula is C16H12FN3O. The molecule has 1 aliphatic rings. The van der Waals surface area contributed by atoms with Crippen LogP contribution in [0.2, 0.25) is 0 Å². The fourth-order valence-electron chi connectivity index (χ4n) is 2.59. The second-order valence-corrected chi connectivity index (χ2v) is 4.85. The van der Waals surface area contributed by atoms with Crippen molar-refractivity contribution < 1.29 is 9.13 Å². The molecule has 0 saturated carbocycles. The number of fused-ring (bicyclic) bond motifs is 3. The lowest BCUT2D eigenvalue weighted by atomic mass is 10.0. The zero-order valence-electron chi connectivity index (χ0n) is 11.2. The Hall–Kier alpha value is -2.69. The zero-order valence-corrected chi connectivity index (χ0v) is 11.2. The zero-order chi connectivity index (χ0) is 14.2. The predicted octanol–water partition coefficient (Wildman–Crippen LogP) is 3.14. The maximum absolute atomic E-state index is 13.9. The molecule has 1 aliphatic heterocycles. The third-order valence-corrected chi connectivity index (χ3v) is 3.60. The van der Waals surface area contributed by atoms with E-state index in [9.17, 15) is 4.39 Å². The Morgan fingerprint density at radius 3 is 2.95 bits per heavy atom. The SMILES string of the molecule is Fc1ncccc1-c1ccc2c(c1)-c1nccn1CCO2. The highest BCUT2D eigenvalue weighted by molar-refractivity contribution is 5.75. The Morgan fingerprint density at radius 2 is 2.05 bits per heavy atom. The van der Waals surface area contributed by atoms with E-state index in [1.165, 1.54) is 6.20 Å². The number of imidazole rings is 1. The van der Waals surface area contributed by atoms with E-state index in [4.69, 9.17) is 4.74 Å². The van der Waals surface area contributed by atoms with Gasteiger partial charge in [0.05, 0.1) is 12.1 Å². The maximum Gasteiger partial charge on any atom is 0.220 e. The second-order valence-electron chi connectivity index (χ2n) is 4.85. The molecule has 5 heteroatoms. The van der Waals surface area contributed by atoms with Gasteiger partial charge in [0, 0.05) is 24.2 Å². The fraction of sp³-hybridized carbons (Fsp3) is 0.125. The summed E-state index contributed by atoms with van der Waals surface area (Å²) in [5, 5.41) is 0. The van der Waals surface area contributed by atoms with Gasteiger partial charge in [-0.05, 0) is 29.8 Å². The monoisotopic (exact) mass is 281 g/mol. The molecule has 0 amide bonds. The van der Waals surface area contributed by atoms with Crippen LogP contribution in [0.15, 0.2) is 48.9 Å². The van der Waals surface area contributed by atoms with Gasteiger partial charge in [0.1, 0.15) is 18.2 Å². The van der Waals surface area contributed by atoms with Crippen molar-refractivity contribution in [2.45, 2.75) is 6.54 Å². The van der Waals surface area contributed by atoms with Gasteiger partial charge in [0.25, 0.3) is 0 Å². The van der Waals surface area contributed by atoms with Crippen LogP contribution in [-0.2, 0) is 6.54 Å². The van der Waals surface area contributed by atoms with Gasteiger partial charge in [-0.15, -0.1) is 0 Å². The summed E-state index contributed by atoms with van der Waals surface area (Å²) in [6.45, 7) is 1.34. The molecule has 0 saturated heterocycles. The molecule has 1 aromatic carbocycles. The molecule has 104 valence electrons. The molecule has 0 spiro atoms. The Morgan fingerprint density at radius 1 is 1.10 bits per heavy atom. The van der Waals surface area contributed by atoms with E-state index in [-0.39, 0.29) is 0 Å². The molecule has 3 heterocycles. The van der Waals surface area contributed by atoms with Gasteiger partial charge < -0.3 is 9.30 Å². The summed E-state index contributed by atoms with van der Waals surface area (Å²) in [6.07, 6.45) is 5.13. The van der Waals surface area contributed by atoms with Crippen LogP contribution in [0.25, 0.3) is 22.5 Å². The summed E-state index contributed by atoms with van der Waals surface area (Å²) in [5.41, 5.74) is 2.11. The summed E-state index contributed by atoms with van der Waals surface area (Å²) < 4.78 is 21.6. The molecule has 0 fully saturated rings. The van der Waals surface area contributed by atoms with E-state index < -0.39 is 5.95 Å². The van der Waals surface area contributed by atoms with Crippen molar-refractivity contribution in [1.29, 1.82) is 0 Å². The highest BCUT2D eigenvalue weighted by Crippen LogP contribution is 2.35. The van der Waals surface area contributed by atoms with Crippen molar-refractivity contribution in [3.8, 4) is 28.3 Å². The standard InChI is InChI=1S/C16H12FN3O/c17-15-12(2-1-5-18-15)11-3-4-14-13(10-11)16-19-6-7-20(16)8-9-21-14/h1-7,10H,8-9H2. The van der Waals surface area contributed by atoms with Gasteiger partial charge in [-0.2, -0.15) is 4.39 Å². The molecule has 2 aromatic heterocycles. The number of ether oxygens (including phenoxy) is 1. The van der Waals surface area contributed by atoms with Gasteiger partial charge >= 0.3 is 0 Å². The van der Waals surface area contributed by atoms with E-state index in [0.717, 1.165) is 29.2 Å². The van der Waals surface area contributed by atoms with Crippen LogP contribution >= 0.6 is 0 Å². The third kappa shape index (κ3) is 1.98. The van der Waals surface area contributed by atoms with Crippen LogP contribution in [0.4, 0.5) is 4.39 Å². The summed E-state index contributed by atoms with van der Waals surface area (Å²) in [7, 11) is 0. The number of pyridine rings is 1. The van der Waals surface area contributed by atoms with Crippen molar-refractivity contribution in [2.24, 2.45) is 0 Å². The summed E-state index contributed by atoms with van der Waals surface area (Å²) in [5.74, 6) is 1.14. The topological polar surface area (TPSA) is 39.9 Å². The average Bonchev–Trinajstić information content (AvgIpc) is 2.90. The number of hydrogen-bond acceptors (Lipinski definition) is 3. The lowest BCUT2D eigenvalue weighted by Gasteiger charge is -2.09. The highest BCUT2D eigenvalue weighted by atomic mass is 19.1. The first-order chi connectivity index (χ1) is 10.3. The van der Waals surface area contributed by atoms with Crippen molar-refractivity contribution in [1.82, 2.24) is 14.5 Å². The Labute approximate surface area is 120 Å². The Bertz CT molecular complexity index is 813. The lowest BCUT2D eigenvalue weighted by Crippen LogP contribution is -2.04. The van der Waals surface area contributed by atoms with E-state index in [1.807, 2.05) is 29.0 Å². The Balaban J connectivity index is 1.91. The first kappa shape index (κ1) is 12.1. The number of rotatable bonds is 1. The minimum absolute atomic E-state index is 0.475. The smallest absolute Gasteiger partial charge is 0.220 e. The van der Waals surface area contributed by atoms with Gasteiger partial charge in [0.15, 0.2) is 0 Å². The number of hydrogen-bond donors (Lipinski definition) is 0. The van der Waals surface area contributed by atoms with E-state index in [2.05, 4.69) is 9.97 Å². The van der Waals surface area contributed by atoms with Gasteiger partial charge in [-0.3, -0.25) is 0 Å². The largest absolute Gasteiger partial charge is 0.491 e. The number of aromatic nitrogens is 3. The number of halogens is 1. The van der Waals surface area contributed by atoms with Crippen LogP contribution in [0.5, 0.6) is 5.75 Å². The fourth-order valence-corrected chi connectivity index (χ4v) is 2.59. The molecule has 21 heavy (non-hydrogen) atoms. The van der Waals surface area contributed by atoms with E-state index in [1.54, 1.807) is 18.3 Å². The van der Waals surface area contributed by atoms with Crippen molar-refractivity contribution >= 4 is 0 Å². The van der Waals surface area contributed by atoms with Gasteiger partial charge in [0.2, 0.25) is 5.95 Å². The minimum atomic E-state index is -0.477. The van der Waals surface area contributed by atoms with E-state index >= 15 is 0 Å². The maximum atomic E-state index is 13.9. The molecule has 0 bridgehead atoms. The van der Waals surface area contributed by atoms with Gasteiger partial charge in [-0.25, -0.2) is 9.97 Å². The Kier molecular flexibility index (Phi) is 2.70. The molecule has 4 rings (SSSR count). The molecule has 0 N–H and O–H groups in total. The van der Waals surface area contributed by atoms with E-state index in [0.29, 0.717) is 12.2 Å². The first-order valence-corrected chi connectivity index (χ1v) is 6.72. The highest BCUT2D eigenvalue weighted by Gasteiger charge is 2.17. The normalized spacial score (nSPS) is 13.0. The van der Waals surface area contributed by atoms with Crippen LogP contribution in [0.3, 0.4) is 0 Å². The molecule has 0 aliphatic carbocycles.